The molecule has 1 fully saturated rings. The maximum atomic E-state index is 6.25. The number of nitrogens with one attached hydrogen (secondary N) is 1. The Hall–Kier alpha value is -3.97. The van der Waals surface area contributed by atoms with Crippen molar-refractivity contribution in [2.24, 2.45) is 4.99 Å². The van der Waals surface area contributed by atoms with Crippen molar-refractivity contribution in [2.45, 2.75) is 12.5 Å². The number of aliphatic imine (C=N–C) groups is 1. The number of benzene rings is 3. The molecule has 0 aliphatic carbocycles. The molecule has 0 spiro atoms. The van der Waals surface area contributed by atoms with Crippen molar-refractivity contribution in [3.8, 4) is 17.2 Å². The molecule has 0 radical (unpaired) electrons. The van der Waals surface area contributed by atoms with Crippen LogP contribution in [0.2, 0.25) is 0 Å². The Morgan fingerprint density at radius 3 is 2.39 bits per heavy atom. The highest BCUT2D eigenvalue weighted by molar-refractivity contribution is 6.06. The third-order valence-corrected chi connectivity index (χ3v) is 7.65. The van der Waals surface area contributed by atoms with Crippen LogP contribution in [0.1, 0.15) is 29.2 Å². The van der Waals surface area contributed by atoms with Crippen LogP contribution in [0.5, 0.6) is 17.2 Å². The average Bonchev–Trinajstić information content (AvgIpc) is 3.16. The van der Waals surface area contributed by atoms with Crippen molar-refractivity contribution in [2.75, 3.05) is 59.0 Å². The Labute approximate surface area is 224 Å². The molecule has 0 saturated carbocycles. The predicted octanol–water partition coefficient (Wildman–Crippen LogP) is 4.74. The maximum absolute atomic E-state index is 6.25. The smallest absolute Gasteiger partial charge is 0.136 e. The van der Waals surface area contributed by atoms with E-state index in [-0.39, 0.29) is 6.04 Å². The van der Waals surface area contributed by atoms with Crippen molar-refractivity contribution in [1.82, 2.24) is 10.2 Å². The van der Waals surface area contributed by atoms with Crippen LogP contribution in [0.25, 0.3) is 5.70 Å². The first kappa shape index (κ1) is 24.4. The summed E-state index contributed by atoms with van der Waals surface area (Å²) in [7, 11) is 5.53. The van der Waals surface area contributed by atoms with Crippen LogP contribution in [0, 0.1) is 0 Å². The molecule has 7 heteroatoms. The van der Waals surface area contributed by atoms with Crippen molar-refractivity contribution < 1.29 is 14.2 Å². The molecule has 196 valence electrons. The number of ether oxygens (including phenoxy) is 3. The standard InChI is InChI=1S/C31H34N4O3/c1-34-14-16-35(17-15-34)23-11-9-21(10-12-23)29-25-13-18-38-27-20-24(36-2)19-26(37-3)28(27)30(25)33-31(32-29)22-7-5-4-6-8-22/h4-12,19-20,29H,13-18H2,1-3H3,(H,32,33). The molecule has 3 heterocycles. The Morgan fingerprint density at radius 1 is 0.921 bits per heavy atom. The number of rotatable bonds is 5. The van der Waals surface area contributed by atoms with Gasteiger partial charge in [-0.1, -0.05) is 42.5 Å². The lowest BCUT2D eigenvalue weighted by Gasteiger charge is -2.34. The zero-order valence-corrected chi connectivity index (χ0v) is 22.2. The highest BCUT2D eigenvalue weighted by atomic mass is 16.5. The third-order valence-electron chi connectivity index (χ3n) is 7.65. The predicted molar refractivity (Wildman–Crippen MR) is 152 cm³/mol. The van der Waals surface area contributed by atoms with Crippen LogP contribution in [0.3, 0.4) is 0 Å². The largest absolute Gasteiger partial charge is 0.496 e. The Balaban J connectivity index is 1.44. The van der Waals surface area contributed by atoms with Crippen LogP contribution in [-0.4, -0.2) is 64.8 Å². The number of fused-ring (bicyclic) bond motifs is 2. The molecule has 38 heavy (non-hydrogen) atoms. The van der Waals surface area contributed by atoms with Crippen LogP contribution in [0.4, 0.5) is 5.69 Å². The van der Waals surface area contributed by atoms with Gasteiger partial charge in [0.05, 0.1) is 32.1 Å². The van der Waals surface area contributed by atoms with Crippen molar-refractivity contribution >= 4 is 17.2 Å². The minimum Gasteiger partial charge on any atom is -0.496 e. The molecule has 1 N–H and O–H groups in total. The third kappa shape index (κ3) is 4.58. The number of hydrogen-bond acceptors (Lipinski definition) is 7. The lowest BCUT2D eigenvalue weighted by molar-refractivity contribution is 0.313. The summed E-state index contributed by atoms with van der Waals surface area (Å²) in [4.78, 5) is 10.1. The van der Waals surface area contributed by atoms with Gasteiger partial charge in [0.15, 0.2) is 0 Å². The number of methoxy groups -OCH3 is 2. The van der Waals surface area contributed by atoms with Gasteiger partial charge in [-0.05, 0) is 30.3 Å². The van der Waals surface area contributed by atoms with Crippen LogP contribution >= 0.6 is 0 Å². The molecule has 3 aromatic rings. The minimum atomic E-state index is -0.135. The van der Waals surface area contributed by atoms with Crippen LogP contribution in [-0.2, 0) is 0 Å². The van der Waals surface area contributed by atoms with Gasteiger partial charge in [-0.25, -0.2) is 0 Å². The quantitative estimate of drug-likeness (QED) is 0.535. The van der Waals surface area contributed by atoms with Crippen LogP contribution < -0.4 is 24.4 Å². The Morgan fingerprint density at radius 2 is 1.68 bits per heavy atom. The summed E-state index contributed by atoms with van der Waals surface area (Å²) in [6.45, 7) is 4.82. The molecule has 0 amide bonds. The molecule has 0 bridgehead atoms. The number of anilines is 1. The SMILES string of the molecule is COc1cc(OC)c2c(c1)OCCC1=C2NC(c2ccccc2)=NC1c1ccc(N2CCN(C)CC2)cc1. The normalized spacial score (nSPS) is 19.4. The van der Waals surface area contributed by atoms with E-state index >= 15 is 0 Å². The van der Waals surface area contributed by atoms with Gasteiger partial charge < -0.3 is 29.3 Å². The summed E-state index contributed by atoms with van der Waals surface area (Å²) in [5, 5.41) is 3.66. The van der Waals surface area contributed by atoms with Crippen molar-refractivity contribution in [3.05, 3.63) is 89.0 Å². The second-order valence-corrected chi connectivity index (χ2v) is 9.95. The van der Waals surface area contributed by atoms with E-state index in [0.29, 0.717) is 18.1 Å². The molecule has 6 rings (SSSR count). The molecular formula is C31H34N4O3. The number of piperazine rings is 1. The first-order chi connectivity index (χ1) is 18.6. The first-order valence-corrected chi connectivity index (χ1v) is 13.2. The molecule has 1 atom stereocenters. The second kappa shape index (κ2) is 10.4. The number of likely N-dealkylation sites (N-methyl/N-ethyl adjacent to an activating group) is 1. The molecule has 3 aliphatic rings. The summed E-state index contributed by atoms with van der Waals surface area (Å²) < 4.78 is 17.6. The van der Waals surface area contributed by atoms with E-state index in [0.717, 1.165) is 61.0 Å². The molecule has 0 aromatic heterocycles. The van der Waals surface area contributed by atoms with Gasteiger partial charge in [-0.2, -0.15) is 0 Å². The Kier molecular flexibility index (Phi) is 6.68. The van der Waals surface area contributed by atoms with E-state index in [2.05, 4.69) is 58.6 Å². The topological polar surface area (TPSA) is 58.6 Å². The monoisotopic (exact) mass is 510 g/mol. The molecular weight excluding hydrogens is 476 g/mol. The Bertz CT molecular complexity index is 1360. The van der Waals surface area contributed by atoms with Gasteiger partial charge in [-0.15, -0.1) is 0 Å². The molecule has 1 saturated heterocycles. The summed E-state index contributed by atoms with van der Waals surface area (Å²) in [6.07, 6.45) is 0.749. The van der Waals surface area contributed by atoms with Crippen molar-refractivity contribution in [3.63, 3.8) is 0 Å². The van der Waals surface area contributed by atoms with E-state index in [9.17, 15) is 0 Å². The number of amidine groups is 1. The zero-order chi connectivity index (χ0) is 26.1. The lowest BCUT2D eigenvalue weighted by atomic mass is 9.90. The van der Waals surface area contributed by atoms with E-state index < -0.39 is 0 Å². The van der Waals surface area contributed by atoms with Gasteiger partial charge in [0.1, 0.15) is 29.1 Å². The summed E-state index contributed by atoms with van der Waals surface area (Å²) in [5.74, 6) is 2.99. The highest BCUT2D eigenvalue weighted by Crippen LogP contribution is 2.46. The summed E-state index contributed by atoms with van der Waals surface area (Å²) >= 11 is 0. The van der Waals surface area contributed by atoms with E-state index in [1.807, 2.05) is 30.3 Å². The van der Waals surface area contributed by atoms with E-state index in [4.69, 9.17) is 19.2 Å². The molecule has 3 aromatic carbocycles. The van der Waals surface area contributed by atoms with Gasteiger partial charge in [0.25, 0.3) is 0 Å². The minimum absolute atomic E-state index is 0.135. The summed E-state index contributed by atoms with van der Waals surface area (Å²) in [6, 6.07) is 22.9. The highest BCUT2D eigenvalue weighted by Gasteiger charge is 2.32. The lowest BCUT2D eigenvalue weighted by Crippen LogP contribution is -2.44. The second-order valence-electron chi connectivity index (χ2n) is 9.95. The number of hydrogen-bond donors (Lipinski definition) is 1. The van der Waals surface area contributed by atoms with E-state index in [1.165, 1.54) is 16.8 Å². The van der Waals surface area contributed by atoms with E-state index in [1.54, 1.807) is 14.2 Å². The van der Waals surface area contributed by atoms with Gasteiger partial charge in [0, 0.05) is 56.0 Å². The van der Waals surface area contributed by atoms with Crippen LogP contribution in [0.15, 0.2) is 77.3 Å². The van der Waals surface area contributed by atoms with Gasteiger partial charge >= 0.3 is 0 Å². The zero-order valence-electron chi connectivity index (χ0n) is 22.2. The fraction of sp³-hybridized carbons (Fsp3) is 0.323. The summed E-state index contributed by atoms with van der Waals surface area (Å²) in [5.41, 5.74) is 6.57. The maximum Gasteiger partial charge on any atom is 0.136 e. The fourth-order valence-corrected chi connectivity index (χ4v) is 5.49. The average molecular weight is 511 g/mol. The first-order valence-electron chi connectivity index (χ1n) is 13.2. The van der Waals surface area contributed by atoms with Gasteiger partial charge in [0.2, 0.25) is 0 Å². The molecule has 1 unspecified atom stereocenters. The van der Waals surface area contributed by atoms with Crippen molar-refractivity contribution in [1.29, 1.82) is 0 Å². The molecule has 7 nitrogen and oxygen atoms in total. The number of nitrogens with zero attached hydrogens (tertiary/aromatic N) is 3. The van der Waals surface area contributed by atoms with Gasteiger partial charge in [-0.3, -0.25) is 4.99 Å². The molecule has 3 aliphatic heterocycles. The fourth-order valence-electron chi connectivity index (χ4n) is 5.49.